The van der Waals surface area contributed by atoms with Crippen molar-refractivity contribution in [2.24, 2.45) is 35.3 Å². The molecule has 5 heterocycles. The van der Waals surface area contributed by atoms with Gasteiger partial charge in [-0.3, -0.25) is 56.9 Å². The number of aromatic nitrogens is 4. The Morgan fingerprint density at radius 1 is 0.761 bits per heavy atom. The number of aliphatic hydroxyl groups excluding tert-OH is 3. The fourth-order valence-electron chi connectivity index (χ4n) is 12.4. The summed E-state index contributed by atoms with van der Waals surface area (Å²) in [4.78, 5) is 168. The van der Waals surface area contributed by atoms with Crippen LogP contribution in [0.1, 0.15) is 95.9 Å². The number of aromatic amines is 1. The van der Waals surface area contributed by atoms with Gasteiger partial charge in [0.15, 0.2) is 11.6 Å². The summed E-state index contributed by atoms with van der Waals surface area (Å²) in [5, 5.41) is 70.2. The lowest BCUT2D eigenvalue weighted by Gasteiger charge is -2.32. The number of methoxy groups -OCH3 is 1. The number of primary amides is 1. The number of Topliss-reactive ketones (excluding diaryl/α,β-unsaturated/α-hetero) is 2. The number of hydrogen-bond donors (Lipinski definition) is 14. The quantitative estimate of drug-likeness (QED) is 0.0251. The number of nitrogens with zero attached hydrogens (tertiary/aromatic N) is 4. The standard InChI is InChI=1S/C72H112N14O25S2/c1-6-43(2)51-32-48(88)36-77-65(95)46-30-52-50-9-10-59(104-5)53(64(50)82-69(52)113(103)42-55(79-62(94)37-78-66(51)96)67(97)80-54(34-60(73)92)70(99)86-39-49(89)33-56(86)68(98)81-63(57(90)31-46)45(4)58(91)40-87)41-112-28-8-7-11-74-72(102)75-12-14-105-16-18-107-20-22-109-24-26-111-27-25-110-23-21-108-19-17-106-15-13-85-38-47(83-84-85)35-76-61(93)29-44(3)71(100)101/h9-10,38,43-46,49,51,54-56,58,63,82,87,89,91H,6-8,11-37,39-42H2,1-5H3,(H2,73,92)(H,76,93)(H,77,95)(H,78,96)(H,79,94)(H,80,97)(H,81,98)(H,100,101)(H2,74,75,102)/t43-,44?,45-,46+,49+,51-,54-,55-,56-,58-,63-,113?/m0/s1. The number of amides is 10. The average molecular weight is 1640 g/mol. The van der Waals surface area contributed by atoms with E-state index in [1.54, 1.807) is 36.9 Å². The number of unbranched alkanes of at least 4 members (excludes halogenated alkanes) is 1. The third-order valence-corrected chi connectivity index (χ3v) is 21.6. The summed E-state index contributed by atoms with van der Waals surface area (Å²) in [5.74, 6) is -14.3. The Labute approximate surface area is 661 Å². The van der Waals surface area contributed by atoms with Gasteiger partial charge in [0, 0.05) is 79.8 Å². The number of ketones is 2. The number of carboxylic acid groups (broad SMARTS) is 1. The zero-order valence-corrected chi connectivity index (χ0v) is 66.3. The molecule has 39 nitrogen and oxygen atoms in total. The van der Waals surface area contributed by atoms with Crippen molar-refractivity contribution in [3.63, 3.8) is 0 Å². The number of fused-ring (bicyclic) bond motifs is 5. The smallest absolute Gasteiger partial charge is 0.314 e. The van der Waals surface area contributed by atoms with Crippen LogP contribution < -0.4 is 53.0 Å². The highest BCUT2D eigenvalue weighted by atomic mass is 32.2. The first kappa shape index (κ1) is 93.5. The molecule has 1 fully saturated rings. The molecule has 3 aromatic rings. The molecule has 0 saturated carbocycles. The second-order valence-electron chi connectivity index (χ2n) is 27.6. The Morgan fingerprint density at radius 3 is 2.01 bits per heavy atom. The third-order valence-electron chi connectivity index (χ3n) is 19.1. The fourth-order valence-corrected chi connectivity index (χ4v) is 14.9. The summed E-state index contributed by atoms with van der Waals surface area (Å²) in [6.07, 6.45) is -2.65. The van der Waals surface area contributed by atoms with Crippen LogP contribution in [-0.2, 0) is 122 Å². The highest BCUT2D eigenvalue weighted by Gasteiger charge is 2.45. The normalized spacial score (nSPS) is 21.5. The lowest BCUT2D eigenvalue weighted by Crippen LogP contribution is -2.60. The van der Waals surface area contributed by atoms with E-state index >= 15 is 9.00 Å². The molecule has 1 aromatic carbocycles. The molecule has 2 bridgehead atoms. The molecule has 15 N–H and O–H groups in total. The number of ether oxygens (including phenoxy) is 8. The van der Waals surface area contributed by atoms with Crippen LogP contribution in [0.4, 0.5) is 4.79 Å². The average Bonchev–Trinajstić information content (AvgIpc) is 1.61. The summed E-state index contributed by atoms with van der Waals surface area (Å²) in [7, 11) is -0.978. The number of hydrogen-bond acceptors (Lipinski definition) is 27. The van der Waals surface area contributed by atoms with Crippen LogP contribution in [0.3, 0.4) is 0 Å². The number of aliphatic hydroxyl groups is 3. The minimum atomic E-state index is -2.42. The summed E-state index contributed by atoms with van der Waals surface area (Å²) >= 11 is 1.50. The number of carbonyl (C=O) groups is 12. The number of rotatable bonds is 44. The van der Waals surface area contributed by atoms with Gasteiger partial charge in [-0.05, 0) is 48.6 Å². The Kier molecular flexibility index (Phi) is 41.4. The van der Waals surface area contributed by atoms with E-state index in [2.05, 4.69) is 57.8 Å². The first-order valence-electron chi connectivity index (χ1n) is 37.9. The Bertz CT molecular complexity index is 3650. The molecule has 10 amide bonds. The number of thioether (sulfide) groups is 1. The number of H-pyrrole nitrogens is 1. The van der Waals surface area contributed by atoms with Crippen molar-refractivity contribution in [1.82, 2.24) is 67.4 Å². The van der Waals surface area contributed by atoms with Crippen LogP contribution in [0, 0.1) is 29.6 Å². The van der Waals surface area contributed by atoms with Crippen LogP contribution in [0.5, 0.6) is 5.75 Å². The molecule has 0 spiro atoms. The van der Waals surface area contributed by atoms with E-state index in [0.717, 1.165) is 4.90 Å². The highest BCUT2D eigenvalue weighted by molar-refractivity contribution is 7.98. The monoisotopic (exact) mass is 1640 g/mol. The molecule has 632 valence electrons. The molecule has 1 saturated heterocycles. The van der Waals surface area contributed by atoms with Gasteiger partial charge in [-0.2, -0.15) is 11.8 Å². The number of nitrogens with two attached hydrogens (primary N) is 1. The summed E-state index contributed by atoms with van der Waals surface area (Å²) < 4.78 is 61.7. The molecule has 0 aliphatic carbocycles. The maximum Gasteiger partial charge on any atom is 0.314 e. The van der Waals surface area contributed by atoms with E-state index in [-0.39, 0.29) is 54.4 Å². The molecule has 3 aliphatic heterocycles. The van der Waals surface area contributed by atoms with Crippen molar-refractivity contribution in [1.29, 1.82) is 0 Å². The van der Waals surface area contributed by atoms with Crippen molar-refractivity contribution in [2.75, 3.05) is 150 Å². The number of aliphatic carboxylic acids is 1. The van der Waals surface area contributed by atoms with Gasteiger partial charge in [-0.1, -0.05) is 39.3 Å². The van der Waals surface area contributed by atoms with Crippen LogP contribution in [0.2, 0.25) is 0 Å². The molecule has 2 unspecified atom stereocenters. The number of urea groups is 1. The SMILES string of the molecule is CC[C@H](C)[C@@H]1CC(=O)CNC(=O)[C@H]2CC(=O)[C@H]([C@@H](C)[C@@H](O)CO)NC(=O)[C@@H]3C[C@@H](O)CN3C(=O)[C@H](CC(N)=O)NC(=O)[C@H](CS(=O)c3[nH]c4c(CSCCCCNC(=O)NCCOCCOCCOCCOCCOCCOCCOCCn5cc(CNC(=O)CC(C)C(=O)O)nn5)c(OC)ccc4c3C2)NC(=O)CNC1=O. The van der Waals surface area contributed by atoms with Gasteiger partial charge in [0.25, 0.3) is 0 Å². The predicted octanol–water partition coefficient (Wildman–Crippen LogP) is -2.99. The number of carbonyl (C=O) groups excluding carboxylic acids is 11. The maximum absolute atomic E-state index is 15.4. The Hall–Kier alpha value is -8.36. The second kappa shape index (κ2) is 50.1. The fraction of sp³-hybridized carbons (Fsp3) is 0.694. The molecule has 6 rings (SSSR count). The molecule has 2 aromatic heterocycles. The van der Waals surface area contributed by atoms with Crippen molar-refractivity contribution >= 4 is 104 Å². The topological polar surface area (TPSA) is 549 Å². The third kappa shape index (κ3) is 31.7. The molecular weight excluding hydrogens is 1520 g/mol. The molecule has 113 heavy (non-hydrogen) atoms. The van der Waals surface area contributed by atoms with E-state index in [9.17, 15) is 68.1 Å². The number of carboxylic acids is 1. The van der Waals surface area contributed by atoms with Crippen LogP contribution in [0.15, 0.2) is 23.4 Å². The highest BCUT2D eigenvalue weighted by Crippen LogP contribution is 2.37. The van der Waals surface area contributed by atoms with E-state index in [1.807, 2.05) is 0 Å². The minimum absolute atomic E-state index is 0.0946. The first-order valence-corrected chi connectivity index (χ1v) is 40.4. The lowest BCUT2D eigenvalue weighted by atomic mass is 9.85. The van der Waals surface area contributed by atoms with Gasteiger partial charge < -0.3 is 116 Å². The van der Waals surface area contributed by atoms with E-state index < -0.39 is 200 Å². The Morgan fingerprint density at radius 2 is 1.39 bits per heavy atom. The van der Waals surface area contributed by atoms with E-state index in [0.29, 0.717) is 152 Å². The number of benzene rings is 1. The predicted molar refractivity (Wildman–Crippen MR) is 405 cm³/mol. The summed E-state index contributed by atoms with van der Waals surface area (Å²) in [6.45, 7) is 9.73. The molecule has 0 radical (unpaired) electrons. The maximum atomic E-state index is 15.4. The van der Waals surface area contributed by atoms with E-state index in [1.165, 1.54) is 32.7 Å². The molecule has 12 atom stereocenters. The Balaban J connectivity index is 0.970. The first-order chi connectivity index (χ1) is 54.2. The van der Waals surface area contributed by atoms with Gasteiger partial charge >= 0.3 is 12.0 Å². The molecule has 41 heteroatoms. The molecular formula is C72H112N14O25S2. The van der Waals surface area contributed by atoms with Gasteiger partial charge in [0.1, 0.15) is 34.6 Å². The minimum Gasteiger partial charge on any atom is -0.496 e. The van der Waals surface area contributed by atoms with Crippen LogP contribution in [0.25, 0.3) is 10.9 Å². The van der Waals surface area contributed by atoms with Gasteiger partial charge in [-0.25, -0.2) is 9.48 Å². The lowest BCUT2D eigenvalue weighted by molar-refractivity contribution is -0.144. The van der Waals surface area contributed by atoms with Crippen molar-refractivity contribution in [3.05, 3.63) is 35.2 Å². The number of nitrogens with one attached hydrogen (secondary N) is 9. The van der Waals surface area contributed by atoms with Gasteiger partial charge in [0.2, 0.25) is 47.3 Å². The zero-order valence-electron chi connectivity index (χ0n) is 64.7. The van der Waals surface area contributed by atoms with Crippen molar-refractivity contribution < 1.29 is 120 Å². The van der Waals surface area contributed by atoms with Gasteiger partial charge in [0.05, 0.1) is 191 Å². The van der Waals surface area contributed by atoms with E-state index in [4.69, 9.17) is 48.7 Å². The van der Waals surface area contributed by atoms with Crippen LogP contribution in [-0.4, -0.2) is 307 Å². The van der Waals surface area contributed by atoms with Crippen molar-refractivity contribution in [2.45, 2.75) is 146 Å². The molecule has 3 aliphatic rings. The van der Waals surface area contributed by atoms with Crippen molar-refractivity contribution in [3.8, 4) is 5.75 Å². The summed E-state index contributed by atoms with van der Waals surface area (Å²) in [6, 6.07) is -4.09. The zero-order chi connectivity index (χ0) is 82.4. The summed E-state index contributed by atoms with van der Waals surface area (Å²) in [5.41, 5.74) is 7.27. The largest absolute Gasteiger partial charge is 0.496 e. The van der Waals surface area contributed by atoms with Gasteiger partial charge in [-0.15, -0.1) is 5.10 Å². The van der Waals surface area contributed by atoms with Crippen LogP contribution >= 0.6 is 11.8 Å². The second-order valence-corrected chi connectivity index (χ2v) is 30.2.